The fraction of sp³-hybridized carbons (Fsp3) is 0.533. The van der Waals surface area contributed by atoms with E-state index < -0.39 is 11.7 Å². The summed E-state index contributed by atoms with van der Waals surface area (Å²) in [6, 6.07) is 5.32. The molecule has 108 valence electrons. The van der Waals surface area contributed by atoms with E-state index in [9.17, 15) is 13.2 Å². The molecule has 1 saturated carbocycles. The minimum Gasteiger partial charge on any atom is -0.381 e. The van der Waals surface area contributed by atoms with Crippen molar-refractivity contribution in [2.45, 2.75) is 44.8 Å². The Kier molecular flexibility index (Phi) is 4.22. The summed E-state index contributed by atoms with van der Waals surface area (Å²) in [5, 5.41) is 12.2. The third kappa shape index (κ3) is 3.24. The predicted octanol–water partition coefficient (Wildman–Crippen LogP) is 4.57. The molecule has 1 N–H and O–H groups in total. The molecule has 1 fully saturated rings. The van der Waals surface area contributed by atoms with Crippen LogP contribution in [0.4, 0.5) is 18.9 Å². The Morgan fingerprint density at radius 2 is 1.95 bits per heavy atom. The van der Waals surface area contributed by atoms with Crippen molar-refractivity contribution in [2.75, 3.05) is 5.32 Å². The molecule has 1 aliphatic rings. The molecule has 0 spiro atoms. The monoisotopic (exact) mass is 282 g/mol. The molecule has 0 saturated heterocycles. The summed E-state index contributed by atoms with van der Waals surface area (Å²) in [6.45, 7) is 2.09. The number of hydrogen-bond acceptors (Lipinski definition) is 2. The highest BCUT2D eigenvalue weighted by atomic mass is 19.4. The van der Waals surface area contributed by atoms with Crippen molar-refractivity contribution in [3.63, 3.8) is 0 Å². The van der Waals surface area contributed by atoms with E-state index in [0.29, 0.717) is 11.6 Å². The Morgan fingerprint density at radius 1 is 1.25 bits per heavy atom. The van der Waals surface area contributed by atoms with Gasteiger partial charge in [-0.05, 0) is 37.0 Å². The lowest BCUT2D eigenvalue weighted by Crippen LogP contribution is -2.30. The van der Waals surface area contributed by atoms with E-state index in [0.717, 1.165) is 37.8 Å². The molecule has 1 aromatic carbocycles. The van der Waals surface area contributed by atoms with Crippen LogP contribution in [0.1, 0.15) is 43.7 Å². The van der Waals surface area contributed by atoms with E-state index >= 15 is 0 Å². The number of nitrogens with zero attached hydrogens (tertiary/aromatic N) is 1. The van der Waals surface area contributed by atoms with Crippen LogP contribution in [0.3, 0.4) is 0 Å². The first kappa shape index (κ1) is 14.7. The van der Waals surface area contributed by atoms with Crippen LogP contribution in [-0.2, 0) is 6.18 Å². The average molecular weight is 282 g/mol. The normalized spacial score (nSPS) is 23.1. The van der Waals surface area contributed by atoms with Crippen molar-refractivity contribution in [1.29, 1.82) is 5.26 Å². The topological polar surface area (TPSA) is 35.8 Å². The maximum absolute atomic E-state index is 12.7. The van der Waals surface area contributed by atoms with Crippen molar-refractivity contribution in [3.05, 3.63) is 29.3 Å². The minimum atomic E-state index is -4.39. The Labute approximate surface area is 116 Å². The second kappa shape index (κ2) is 5.74. The Balaban J connectivity index is 2.27. The number of anilines is 1. The Hall–Kier alpha value is -1.70. The van der Waals surface area contributed by atoms with Crippen LogP contribution in [0, 0.1) is 17.2 Å². The van der Waals surface area contributed by atoms with Crippen molar-refractivity contribution in [2.24, 2.45) is 5.92 Å². The summed E-state index contributed by atoms with van der Waals surface area (Å²) in [5.74, 6) is 0.407. The zero-order valence-corrected chi connectivity index (χ0v) is 11.3. The maximum atomic E-state index is 12.7. The molecule has 0 radical (unpaired) electrons. The summed E-state index contributed by atoms with van der Waals surface area (Å²) in [6.07, 6.45) is -0.153. The number of nitriles is 1. The second-order valence-corrected chi connectivity index (χ2v) is 5.38. The molecule has 0 amide bonds. The smallest absolute Gasteiger partial charge is 0.381 e. The van der Waals surface area contributed by atoms with E-state index in [1.54, 1.807) is 0 Å². The van der Waals surface area contributed by atoms with Gasteiger partial charge in [0.25, 0.3) is 0 Å². The lowest BCUT2D eigenvalue weighted by molar-refractivity contribution is -0.137. The lowest BCUT2D eigenvalue weighted by atomic mass is 9.85. The van der Waals surface area contributed by atoms with Gasteiger partial charge in [0.05, 0.1) is 16.8 Å². The zero-order chi connectivity index (χ0) is 14.8. The van der Waals surface area contributed by atoms with Crippen LogP contribution in [0.25, 0.3) is 0 Å². The Morgan fingerprint density at radius 3 is 2.55 bits per heavy atom. The number of hydrogen-bond donors (Lipinski definition) is 1. The quantitative estimate of drug-likeness (QED) is 0.862. The molecular formula is C15H17F3N2. The standard InChI is InChI=1S/C15H17F3N2/c1-10-4-2-3-5-13(10)20-14-8-12(15(16,17)18)7-6-11(14)9-19/h6-8,10,13,20H,2-5H2,1H3/t10-,13+/m0/s1. The summed E-state index contributed by atoms with van der Waals surface area (Å²) in [5.41, 5.74) is -0.167. The molecule has 20 heavy (non-hydrogen) atoms. The van der Waals surface area contributed by atoms with Gasteiger partial charge in [-0.15, -0.1) is 0 Å². The van der Waals surface area contributed by atoms with Gasteiger partial charge in [-0.3, -0.25) is 0 Å². The first-order chi connectivity index (χ1) is 9.41. The van der Waals surface area contributed by atoms with Gasteiger partial charge < -0.3 is 5.32 Å². The van der Waals surface area contributed by atoms with Gasteiger partial charge in [0.1, 0.15) is 6.07 Å². The van der Waals surface area contributed by atoms with Gasteiger partial charge in [0, 0.05) is 6.04 Å². The first-order valence-electron chi connectivity index (χ1n) is 6.79. The maximum Gasteiger partial charge on any atom is 0.416 e. The number of halogens is 3. The predicted molar refractivity (Wildman–Crippen MR) is 71.2 cm³/mol. The highest BCUT2D eigenvalue weighted by molar-refractivity contribution is 5.60. The van der Waals surface area contributed by atoms with Crippen molar-refractivity contribution >= 4 is 5.69 Å². The van der Waals surface area contributed by atoms with Gasteiger partial charge in [0.15, 0.2) is 0 Å². The average Bonchev–Trinajstić information content (AvgIpc) is 2.40. The molecular weight excluding hydrogens is 265 g/mol. The van der Waals surface area contributed by atoms with E-state index in [4.69, 9.17) is 5.26 Å². The Bertz CT molecular complexity index is 517. The van der Waals surface area contributed by atoms with Crippen LogP contribution in [0.2, 0.25) is 0 Å². The van der Waals surface area contributed by atoms with E-state index in [-0.39, 0.29) is 11.6 Å². The van der Waals surface area contributed by atoms with Gasteiger partial charge in [0.2, 0.25) is 0 Å². The van der Waals surface area contributed by atoms with Gasteiger partial charge in [-0.1, -0.05) is 19.8 Å². The summed E-state index contributed by atoms with van der Waals surface area (Å²) >= 11 is 0. The van der Waals surface area contributed by atoms with Crippen molar-refractivity contribution < 1.29 is 13.2 Å². The third-order valence-corrected chi connectivity index (χ3v) is 3.92. The molecule has 1 aliphatic carbocycles. The van der Waals surface area contributed by atoms with E-state index in [2.05, 4.69) is 12.2 Å². The van der Waals surface area contributed by atoms with Crippen LogP contribution in [0.5, 0.6) is 0 Å². The SMILES string of the molecule is C[C@H]1CCCC[C@H]1Nc1cc(C(F)(F)F)ccc1C#N. The summed E-state index contributed by atoms with van der Waals surface area (Å²) in [4.78, 5) is 0. The molecule has 0 aromatic heterocycles. The van der Waals surface area contributed by atoms with Gasteiger partial charge >= 0.3 is 6.18 Å². The van der Waals surface area contributed by atoms with Crippen molar-refractivity contribution in [1.82, 2.24) is 0 Å². The molecule has 0 heterocycles. The highest BCUT2D eigenvalue weighted by Crippen LogP contribution is 2.34. The molecule has 5 heteroatoms. The summed E-state index contributed by atoms with van der Waals surface area (Å²) < 4.78 is 38.2. The van der Waals surface area contributed by atoms with Gasteiger partial charge in [-0.25, -0.2) is 0 Å². The zero-order valence-electron chi connectivity index (χ0n) is 11.3. The largest absolute Gasteiger partial charge is 0.416 e. The van der Waals surface area contributed by atoms with Crippen LogP contribution >= 0.6 is 0 Å². The molecule has 2 rings (SSSR count). The molecule has 0 unspecified atom stereocenters. The summed E-state index contributed by atoms with van der Waals surface area (Å²) in [7, 11) is 0. The van der Waals surface area contributed by atoms with Crippen LogP contribution in [0.15, 0.2) is 18.2 Å². The van der Waals surface area contributed by atoms with Crippen LogP contribution < -0.4 is 5.32 Å². The van der Waals surface area contributed by atoms with E-state index in [1.807, 2.05) is 6.07 Å². The number of alkyl halides is 3. The van der Waals surface area contributed by atoms with E-state index in [1.165, 1.54) is 6.07 Å². The number of nitrogens with one attached hydrogen (secondary N) is 1. The third-order valence-electron chi connectivity index (χ3n) is 3.92. The molecule has 2 nitrogen and oxygen atoms in total. The number of benzene rings is 1. The van der Waals surface area contributed by atoms with Gasteiger partial charge in [-0.2, -0.15) is 18.4 Å². The van der Waals surface area contributed by atoms with Crippen molar-refractivity contribution in [3.8, 4) is 6.07 Å². The molecule has 0 aliphatic heterocycles. The lowest BCUT2D eigenvalue weighted by Gasteiger charge is -2.30. The fourth-order valence-electron chi connectivity index (χ4n) is 2.67. The first-order valence-corrected chi connectivity index (χ1v) is 6.79. The number of rotatable bonds is 2. The molecule has 1 aromatic rings. The van der Waals surface area contributed by atoms with Crippen LogP contribution in [-0.4, -0.2) is 6.04 Å². The minimum absolute atomic E-state index is 0.138. The fourth-order valence-corrected chi connectivity index (χ4v) is 2.67. The molecule has 0 bridgehead atoms. The molecule has 2 atom stereocenters. The second-order valence-electron chi connectivity index (χ2n) is 5.38. The highest BCUT2D eigenvalue weighted by Gasteiger charge is 2.31.